The summed E-state index contributed by atoms with van der Waals surface area (Å²) in [6.45, 7) is 2.16. The summed E-state index contributed by atoms with van der Waals surface area (Å²) in [4.78, 5) is 22.4. The zero-order valence-electron chi connectivity index (χ0n) is 10.6. The van der Waals surface area contributed by atoms with E-state index < -0.39 is 4.92 Å². The quantitative estimate of drug-likeness (QED) is 0.637. The summed E-state index contributed by atoms with van der Waals surface area (Å²) in [6.07, 6.45) is 0. The minimum absolute atomic E-state index is 0.0483. The highest BCUT2D eigenvalue weighted by molar-refractivity contribution is 5.52. The van der Waals surface area contributed by atoms with Crippen LogP contribution in [-0.2, 0) is 6.54 Å². The monoisotopic (exact) mass is 262 g/mol. The van der Waals surface area contributed by atoms with Gasteiger partial charge in [0.05, 0.1) is 10.5 Å². The van der Waals surface area contributed by atoms with Gasteiger partial charge in [0, 0.05) is 18.3 Å². The molecule has 1 aromatic carbocycles. The number of benzene rings is 1. The fourth-order valence-corrected chi connectivity index (χ4v) is 1.99. The standard InChI is InChI=1S/C12H14N4O3/c1-8-9(7-13-2)12(17)14-15(8)10-5-3-4-6-11(10)16(18)19/h3-6,13H,7H2,1-2H3,(H,14,17). The zero-order valence-corrected chi connectivity index (χ0v) is 10.6. The van der Waals surface area contributed by atoms with E-state index in [2.05, 4.69) is 10.4 Å². The van der Waals surface area contributed by atoms with Crippen LogP contribution in [0.5, 0.6) is 0 Å². The van der Waals surface area contributed by atoms with E-state index in [4.69, 9.17) is 0 Å². The minimum Gasteiger partial charge on any atom is -0.315 e. The number of nitro benzene ring substituents is 1. The summed E-state index contributed by atoms with van der Waals surface area (Å²) < 4.78 is 1.45. The Hall–Kier alpha value is -2.41. The van der Waals surface area contributed by atoms with E-state index in [1.54, 1.807) is 32.2 Å². The van der Waals surface area contributed by atoms with Gasteiger partial charge in [0.25, 0.3) is 11.2 Å². The van der Waals surface area contributed by atoms with Crippen LogP contribution >= 0.6 is 0 Å². The van der Waals surface area contributed by atoms with Crippen molar-refractivity contribution in [1.29, 1.82) is 0 Å². The van der Waals surface area contributed by atoms with Gasteiger partial charge < -0.3 is 5.32 Å². The normalized spacial score (nSPS) is 10.6. The lowest BCUT2D eigenvalue weighted by atomic mass is 10.2. The van der Waals surface area contributed by atoms with Crippen molar-refractivity contribution >= 4 is 5.69 Å². The molecule has 2 aromatic rings. The van der Waals surface area contributed by atoms with Gasteiger partial charge in [-0.2, -0.15) is 0 Å². The average Bonchev–Trinajstić information content (AvgIpc) is 2.67. The number of aromatic nitrogens is 2. The van der Waals surface area contributed by atoms with E-state index >= 15 is 0 Å². The molecule has 0 bridgehead atoms. The highest BCUT2D eigenvalue weighted by Crippen LogP contribution is 2.22. The van der Waals surface area contributed by atoms with Crippen LogP contribution in [0.4, 0.5) is 5.69 Å². The Balaban J connectivity index is 2.64. The topological polar surface area (TPSA) is 93.0 Å². The van der Waals surface area contributed by atoms with E-state index in [9.17, 15) is 14.9 Å². The fourth-order valence-electron chi connectivity index (χ4n) is 1.99. The second kappa shape index (κ2) is 5.07. The zero-order chi connectivity index (χ0) is 14.0. The number of para-hydroxylation sites is 2. The molecule has 0 amide bonds. The van der Waals surface area contributed by atoms with Gasteiger partial charge in [-0.15, -0.1) is 0 Å². The molecule has 0 aliphatic carbocycles. The van der Waals surface area contributed by atoms with Crippen LogP contribution in [-0.4, -0.2) is 21.8 Å². The summed E-state index contributed by atoms with van der Waals surface area (Å²) in [5.41, 5.74) is 1.29. The third kappa shape index (κ3) is 2.27. The summed E-state index contributed by atoms with van der Waals surface area (Å²) >= 11 is 0. The first kappa shape index (κ1) is 13.0. The highest BCUT2D eigenvalue weighted by Gasteiger charge is 2.18. The number of hydrogen-bond donors (Lipinski definition) is 2. The van der Waals surface area contributed by atoms with Crippen LogP contribution in [0.1, 0.15) is 11.3 Å². The Morgan fingerprint density at radius 2 is 2.11 bits per heavy atom. The molecule has 0 aliphatic heterocycles. The first-order valence-corrected chi connectivity index (χ1v) is 5.75. The molecule has 2 N–H and O–H groups in total. The van der Waals surface area contributed by atoms with Crippen LogP contribution in [0.15, 0.2) is 29.1 Å². The van der Waals surface area contributed by atoms with Gasteiger partial charge in [0.1, 0.15) is 5.69 Å². The Bertz CT molecular complexity index is 672. The molecular formula is C12H14N4O3. The first-order valence-electron chi connectivity index (χ1n) is 5.75. The molecule has 7 heteroatoms. The number of nitrogens with zero attached hydrogens (tertiary/aromatic N) is 2. The molecule has 0 saturated carbocycles. The van der Waals surface area contributed by atoms with Gasteiger partial charge in [-0.25, -0.2) is 0 Å². The number of nitrogens with one attached hydrogen (secondary N) is 2. The molecule has 0 radical (unpaired) electrons. The van der Waals surface area contributed by atoms with Crippen molar-refractivity contribution in [3.8, 4) is 5.69 Å². The molecular weight excluding hydrogens is 248 g/mol. The van der Waals surface area contributed by atoms with Gasteiger partial charge in [0.2, 0.25) is 0 Å². The second-order valence-corrected chi connectivity index (χ2v) is 4.12. The molecule has 0 spiro atoms. The lowest BCUT2D eigenvalue weighted by molar-refractivity contribution is -0.384. The highest BCUT2D eigenvalue weighted by atomic mass is 16.6. The van der Waals surface area contributed by atoms with Gasteiger partial charge >= 0.3 is 0 Å². The van der Waals surface area contributed by atoms with E-state index in [0.717, 1.165) is 0 Å². The summed E-state index contributed by atoms with van der Waals surface area (Å²) in [7, 11) is 1.74. The molecule has 2 rings (SSSR count). The first-order chi connectivity index (χ1) is 9.06. The fraction of sp³-hybridized carbons (Fsp3) is 0.250. The largest absolute Gasteiger partial charge is 0.315 e. The van der Waals surface area contributed by atoms with Crippen molar-refractivity contribution in [3.05, 3.63) is 56.0 Å². The predicted octanol–water partition coefficient (Wildman–Crippen LogP) is 1.10. The van der Waals surface area contributed by atoms with Gasteiger partial charge in [-0.1, -0.05) is 12.1 Å². The third-order valence-corrected chi connectivity index (χ3v) is 2.93. The smallest absolute Gasteiger partial charge is 0.294 e. The third-order valence-electron chi connectivity index (χ3n) is 2.93. The van der Waals surface area contributed by atoms with Crippen LogP contribution in [0.3, 0.4) is 0 Å². The average molecular weight is 262 g/mol. The van der Waals surface area contributed by atoms with Crippen molar-refractivity contribution in [2.45, 2.75) is 13.5 Å². The molecule has 0 unspecified atom stereocenters. The molecule has 0 saturated heterocycles. The van der Waals surface area contributed by atoms with Crippen molar-refractivity contribution in [2.75, 3.05) is 7.05 Å². The molecule has 0 fully saturated rings. The number of H-pyrrole nitrogens is 1. The van der Waals surface area contributed by atoms with Crippen molar-refractivity contribution in [2.24, 2.45) is 0 Å². The maximum absolute atomic E-state index is 11.8. The number of rotatable bonds is 4. The van der Waals surface area contributed by atoms with Crippen LogP contribution in [0, 0.1) is 17.0 Å². The SMILES string of the molecule is CNCc1c(C)n(-c2ccccc2[N+](=O)[O-])[nH]c1=O. The molecule has 7 nitrogen and oxygen atoms in total. The maximum atomic E-state index is 11.8. The Labute approximate surface area is 109 Å². The molecule has 1 aromatic heterocycles. The second-order valence-electron chi connectivity index (χ2n) is 4.12. The van der Waals surface area contributed by atoms with Crippen LogP contribution in [0.25, 0.3) is 5.69 Å². The minimum atomic E-state index is -0.467. The van der Waals surface area contributed by atoms with Crippen LogP contribution in [0.2, 0.25) is 0 Å². The summed E-state index contributed by atoms with van der Waals surface area (Å²) in [5.74, 6) is 0. The molecule has 0 aliphatic rings. The Morgan fingerprint density at radius 3 is 2.74 bits per heavy atom. The van der Waals surface area contributed by atoms with E-state index in [1.165, 1.54) is 10.7 Å². The van der Waals surface area contributed by atoms with Crippen LogP contribution < -0.4 is 10.9 Å². The molecule has 0 atom stereocenters. The van der Waals surface area contributed by atoms with Gasteiger partial charge in [0.15, 0.2) is 0 Å². The lowest BCUT2D eigenvalue weighted by Gasteiger charge is -2.06. The number of hydrogen-bond acceptors (Lipinski definition) is 4. The van der Waals surface area contributed by atoms with Crippen molar-refractivity contribution in [3.63, 3.8) is 0 Å². The van der Waals surface area contributed by atoms with Gasteiger partial charge in [-0.3, -0.25) is 24.7 Å². The molecule has 19 heavy (non-hydrogen) atoms. The predicted molar refractivity (Wildman–Crippen MR) is 70.5 cm³/mol. The lowest BCUT2D eigenvalue weighted by Crippen LogP contribution is -2.14. The van der Waals surface area contributed by atoms with E-state index in [-0.39, 0.29) is 11.2 Å². The Morgan fingerprint density at radius 1 is 1.42 bits per heavy atom. The molecule has 100 valence electrons. The van der Waals surface area contributed by atoms with E-state index in [1.807, 2.05) is 0 Å². The number of aromatic amines is 1. The molecule has 1 heterocycles. The Kier molecular flexibility index (Phi) is 3.48. The van der Waals surface area contributed by atoms with E-state index in [0.29, 0.717) is 23.5 Å². The van der Waals surface area contributed by atoms with Gasteiger partial charge in [-0.05, 0) is 20.0 Å². The maximum Gasteiger partial charge on any atom is 0.294 e. The summed E-state index contributed by atoms with van der Waals surface area (Å²) in [5, 5.41) is 16.5. The van der Waals surface area contributed by atoms with Crippen molar-refractivity contribution < 1.29 is 4.92 Å². The number of nitro groups is 1. The van der Waals surface area contributed by atoms with Crippen molar-refractivity contribution in [1.82, 2.24) is 15.1 Å². The summed E-state index contributed by atoms with van der Waals surface area (Å²) in [6, 6.07) is 6.29.